The van der Waals surface area contributed by atoms with Crippen molar-refractivity contribution in [1.82, 2.24) is 0 Å². The van der Waals surface area contributed by atoms with E-state index in [0.717, 1.165) is 6.07 Å². The highest BCUT2D eigenvalue weighted by molar-refractivity contribution is 6.32. The van der Waals surface area contributed by atoms with Gasteiger partial charge < -0.3 is 5.11 Å². The van der Waals surface area contributed by atoms with Gasteiger partial charge in [0.1, 0.15) is 5.82 Å². The van der Waals surface area contributed by atoms with Crippen LogP contribution in [-0.4, -0.2) is 11.1 Å². The molecular formula is C10H9Cl2FO2. The zero-order valence-electron chi connectivity index (χ0n) is 7.71. The minimum Gasteiger partial charge on any atom is -0.481 e. The molecule has 0 aromatic heterocycles. The van der Waals surface area contributed by atoms with Crippen molar-refractivity contribution in [1.29, 1.82) is 0 Å². The maximum Gasteiger partial charge on any atom is 0.303 e. The first kappa shape index (κ1) is 12.3. The number of halogens is 3. The summed E-state index contributed by atoms with van der Waals surface area (Å²) in [4.78, 5) is 10.3. The largest absolute Gasteiger partial charge is 0.481 e. The van der Waals surface area contributed by atoms with Gasteiger partial charge in [0.25, 0.3) is 0 Å². The second kappa shape index (κ2) is 5.33. The van der Waals surface area contributed by atoms with Crippen molar-refractivity contribution in [2.45, 2.75) is 18.2 Å². The Morgan fingerprint density at radius 3 is 2.73 bits per heavy atom. The van der Waals surface area contributed by atoms with Gasteiger partial charge in [0.15, 0.2) is 0 Å². The van der Waals surface area contributed by atoms with E-state index in [1.165, 1.54) is 12.1 Å². The first-order valence-corrected chi connectivity index (χ1v) is 5.13. The minimum atomic E-state index is -0.918. The van der Waals surface area contributed by atoms with Crippen LogP contribution >= 0.6 is 23.2 Å². The van der Waals surface area contributed by atoms with E-state index in [9.17, 15) is 9.18 Å². The topological polar surface area (TPSA) is 37.3 Å². The van der Waals surface area contributed by atoms with Crippen LogP contribution in [0.5, 0.6) is 0 Å². The standard InChI is InChI=1S/C10H9Cl2FO2/c11-8(3-4-10(14)15)7-2-1-6(13)5-9(7)12/h1-2,5,8H,3-4H2,(H,14,15). The Hall–Kier alpha value is -0.800. The Balaban J connectivity index is 2.73. The van der Waals surface area contributed by atoms with Crippen LogP contribution in [0, 0.1) is 5.82 Å². The molecule has 0 saturated heterocycles. The highest BCUT2D eigenvalue weighted by Crippen LogP contribution is 2.31. The Kier molecular flexibility index (Phi) is 4.36. The minimum absolute atomic E-state index is 0.0398. The zero-order chi connectivity index (χ0) is 11.4. The van der Waals surface area contributed by atoms with Gasteiger partial charge in [0, 0.05) is 11.4 Å². The molecule has 5 heteroatoms. The van der Waals surface area contributed by atoms with Crippen LogP contribution in [0.2, 0.25) is 5.02 Å². The quantitative estimate of drug-likeness (QED) is 0.829. The third-order valence-electron chi connectivity index (χ3n) is 1.91. The molecule has 1 atom stereocenters. The van der Waals surface area contributed by atoms with E-state index in [4.69, 9.17) is 28.3 Å². The van der Waals surface area contributed by atoms with E-state index >= 15 is 0 Å². The maximum atomic E-state index is 12.7. The van der Waals surface area contributed by atoms with Crippen molar-refractivity contribution >= 4 is 29.2 Å². The lowest BCUT2D eigenvalue weighted by molar-refractivity contribution is -0.137. The molecule has 0 amide bonds. The van der Waals surface area contributed by atoms with Crippen molar-refractivity contribution in [3.8, 4) is 0 Å². The number of benzene rings is 1. The van der Waals surface area contributed by atoms with E-state index in [1.807, 2.05) is 0 Å². The summed E-state index contributed by atoms with van der Waals surface area (Å²) in [5.41, 5.74) is 0.556. The molecule has 82 valence electrons. The number of hydrogen-bond donors (Lipinski definition) is 1. The molecule has 0 aliphatic rings. The molecule has 1 unspecified atom stereocenters. The van der Waals surface area contributed by atoms with Gasteiger partial charge in [-0.15, -0.1) is 11.6 Å². The summed E-state index contributed by atoms with van der Waals surface area (Å²) < 4.78 is 12.7. The predicted molar refractivity (Wildman–Crippen MR) is 56.9 cm³/mol. The van der Waals surface area contributed by atoms with Crippen LogP contribution in [0.15, 0.2) is 18.2 Å². The lowest BCUT2D eigenvalue weighted by atomic mass is 10.1. The lowest BCUT2D eigenvalue weighted by Crippen LogP contribution is -1.99. The summed E-state index contributed by atoms with van der Waals surface area (Å²) in [5.74, 6) is -1.36. The van der Waals surface area contributed by atoms with Crippen LogP contribution in [0.1, 0.15) is 23.8 Å². The van der Waals surface area contributed by atoms with Gasteiger partial charge in [-0.2, -0.15) is 0 Å². The Morgan fingerprint density at radius 2 is 2.20 bits per heavy atom. The summed E-state index contributed by atoms with van der Waals surface area (Å²) >= 11 is 11.7. The molecule has 2 nitrogen and oxygen atoms in total. The van der Waals surface area contributed by atoms with E-state index in [1.54, 1.807) is 0 Å². The molecule has 0 fully saturated rings. The van der Waals surface area contributed by atoms with Crippen LogP contribution in [-0.2, 0) is 4.79 Å². The Bertz CT molecular complexity index is 368. The molecule has 0 spiro atoms. The van der Waals surface area contributed by atoms with Crippen molar-refractivity contribution in [3.63, 3.8) is 0 Å². The fourth-order valence-corrected chi connectivity index (χ4v) is 1.82. The smallest absolute Gasteiger partial charge is 0.303 e. The summed E-state index contributed by atoms with van der Waals surface area (Å²) in [6.07, 6.45) is 0.226. The van der Waals surface area contributed by atoms with Crippen LogP contribution < -0.4 is 0 Å². The lowest BCUT2D eigenvalue weighted by Gasteiger charge is -2.10. The van der Waals surface area contributed by atoms with Gasteiger partial charge in [0.2, 0.25) is 0 Å². The molecule has 0 heterocycles. The second-order valence-electron chi connectivity index (χ2n) is 3.07. The predicted octanol–water partition coefficient (Wildman–Crippen LogP) is 3.62. The van der Waals surface area contributed by atoms with Crippen LogP contribution in [0.3, 0.4) is 0 Å². The van der Waals surface area contributed by atoms with Crippen molar-refractivity contribution in [2.24, 2.45) is 0 Å². The zero-order valence-corrected chi connectivity index (χ0v) is 9.22. The van der Waals surface area contributed by atoms with Crippen LogP contribution in [0.25, 0.3) is 0 Å². The van der Waals surface area contributed by atoms with E-state index in [2.05, 4.69) is 0 Å². The number of aliphatic carboxylic acids is 1. The van der Waals surface area contributed by atoms with Crippen molar-refractivity contribution < 1.29 is 14.3 Å². The van der Waals surface area contributed by atoms with Gasteiger partial charge in [0.05, 0.1) is 5.38 Å². The van der Waals surface area contributed by atoms with Gasteiger partial charge >= 0.3 is 5.97 Å². The monoisotopic (exact) mass is 250 g/mol. The number of carboxylic acids is 1. The number of carbonyl (C=O) groups is 1. The van der Waals surface area contributed by atoms with Crippen LogP contribution in [0.4, 0.5) is 4.39 Å². The number of alkyl halides is 1. The van der Waals surface area contributed by atoms with Crippen molar-refractivity contribution in [3.05, 3.63) is 34.6 Å². The van der Waals surface area contributed by atoms with Crippen molar-refractivity contribution in [2.75, 3.05) is 0 Å². The second-order valence-corrected chi connectivity index (χ2v) is 4.00. The SMILES string of the molecule is O=C(O)CCC(Cl)c1ccc(F)cc1Cl. The summed E-state index contributed by atoms with van der Waals surface area (Å²) in [6.45, 7) is 0. The molecule has 0 bridgehead atoms. The first-order chi connectivity index (χ1) is 7.00. The number of rotatable bonds is 4. The third-order valence-corrected chi connectivity index (χ3v) is 2.69. The summed E-state index contributed by atoms with van der Waals surface area (Å²) in [7, 11) is 0. The average Bonchev–Trinajstić information content (AvgIpc) is 2.14. The molecule has 1 aromatic carbocycles. The molecule has 15 heavy (non-hydrogen) atoms. The highest BCUT2D eigenvalue weighted by Gasteiger charge is 2.13. The number of carboxylic acid groups (broad SMARTS) is 1. The molecule has 0 radical (unpaired) electrons. The Morgan fingerprint density at radius 1 is 1.53 bits per heavy atom. The van der Waals surface area contributed by atoms with E-state index < -0.39 is 17.2 Å². The fourth-order valence-electron chi connectivity index (χ4n) is 1.16. The maximum absolute atomic E-state index is 12.7. The van der Waals surface area contributed by atoms with Gasteiger partial charge in [-0.05, 0) is 24.1 Å². The average molecular weight is 251 g/mol. The van der Waals surface area contributed by atoms with Gasteiger partial charge in [-0.25, -0.2) is 4.39 Å². The van der Waals surface area contributed by atoms with E-state index in [-0.39, 0.29) is 17.9 Å². The van der Waals surface area contributed by atoms with Gasteiger partial charge in [-0.1, -0.05) is 17.7 Å². The fraction of sp³-hybridized carbons (Fsp3) is 0.300. The molecule has 1 N–H and O–H groups in total. The normalized spacial score (nSPS) is 12.5. The molecule has 1 aromatic rings. The summed E-state index contributed by atoms with van der Waals surface area (Å²) in [5, 5.41) is 8.19. The molecular weight excluding hydrogens is 242 g/mol. The van der Waals surface area contributed by atoms with Gasteiger partial charge in [-0.3, -0.25) is 4.79 Å². The Labute approximate surface area is 96.6 Å². The highest BCUT2D eigenvalue weighted by atomic mass is 35.5. The molecule has 0 saturated carbocycles. The number of hydrogen-bond acceptors (Lipinski definition) is 1. The molecule has 1 rings (SSSR count). The molecule has 0 aliphatic heterocycles. The summed E-state index contributed by atoms with van der Waals surface area (Å²) in [6, 6.07) is 3.88. The third kappa shape index (κ3) is 3.68. The molecule has 0 aliphatic carbocycles. The van der Waals surface area contributed by atoms with E-state index in [0.29, 0.717) is 5.56 Å². The first-order valence-electron chi connectivity index (χ1n) is 4.31.